The number of unbranched alkanes of at least 4 members (excludes halogenated alkanes) is 3. The molecule has 0 aliphatic heterocycles. The molecule has 122 valence electrons. The minimum atomic E-state index is -0.696. The fraction of sp³-hybridized carbons (Fsp3) is 1.00. The van der Waals surface area contributed by atoms with Gasteiger partial charge in [0.25, 0.3) is 0 Å². The Bertz CT molecular complexity index is 187. The molecule has 0 aromatic rings. The predicted molar refractivity (Wildman–Crippen MR) is 91.5 cm³/mol. The van der Waals surface area contributed by atoms with Gasteiger partial charge in [0.05, 0.1) is 12.2 Å². The van der Waals surface area contributed by atoms with Crippen LogP contribution in [0.3, 0.4) is 0 Å². The van der Waals surface area contributed by atoms with Crippen molar-refractivity contribution >= 4 is 8.38 Å². The SMILES string of the molecule is CCCCC(CCCC)(CCCC)OP(CC)OCC. The maximum Gasteiger partial charge on any atom is 0.170 e. The second-order valence-corrected chi connectivity index (χ2v) is 7.39. The molecule has 0 aromatic carbocycles. The molecule has 0 aromatic heterocycles. The van der Waals surface area contributed by atoms with E-state index in [1.165, 1.54) is 57.8 Å². The Morgan fingerprint density at radius 3 is 1.50 bits per heavy atom. The van der Waals surface area contributed by atoms with Gasteiger partial charge in [0.1, 0.15) is 0 Å². The molecule has 1 atom stereocenters. The summed E-state index contributed by atoms with van der Waals surface area (Å²) in [6, 6.07) is 0. The molecule has 0 aliphatic carbocycles. The molecule has 0 fully saturated rings. The van der Waals surface area contributed by atoms with Gasteiger partial charge in [0, 0.05) is 6.16 Å². The molecule has 0 rings (SSSR count). The molecule has 0 bridgehead atoms. The Labute approximate surface area is 128 Å². The normalized spacial score (nSPS) is 13.7. The summed E-state index contributed by atoms with van der Waals surface area (Å²) in [5.41, 5.74) is 0.0823. The lowest BCUT2D eigenvalue weighted by Gasteiger charge is -2.37. The quantitative estimate of drug-likeness (QED) is 0.333. The second kappa shape index (κ2) is 13.0. The standard InChI is InChI=1S/C17H37O2P/c1-6-11-14-17(15-12-7-2,16-13-8-3)19-20(10-5)18-9-4/h6-16H2,1-5H3. The summed E-state index contributed by atoms with van der Waals surface area (Å²) in [6.45, 7) is 11.8. The highest BCUT2D eigenvalue weighted by Crippen LogP contribution is 2.47. The molecule has 0 amide bonds. The zero-order chi connectivity index (χ0) is 15.3. The molecule has 0 spiro atoms. The molecule has 1 unspecified atom stereocenters. The molecule has 0 N–H and O–H groups in total. The highest BCUT2D eigenvalue weighted by molar-refractivity contribution is 7.47. The van der Waals surface area contributed by atoms with Gasteiger partial charge < -0.3 is 9.05 Å². The van der Waals surface area contributed by atoms with E-state index in [-0.39, 0.29) is 5.60 Å². The first kappa shape index (κ1) is 20.3. The van der Waals surface area contributed by atoms with E-state index in [1.807, 2.05) is 0 Å². The van der Waals surface area contributed by atoms with Gasteiger partial charge in [-0.05, 0) is 26.2 Å². The van der Waals surface area contributed by atoms with E-state index in [0.717, 1.165) is 12.8 Å². The van der Waals surface area contributed by atoms with E-state index in [4.69, 9.17) is 9.05 Å². The van der Waals surface area contributed by atoms with Gasteiger partial charge in [0.15, 0.2) is 8.38 Å². The first-order valence-corrected chi connectivity index (χ1v) is 10.1. The molecular formula is C17H37O2P. The van der Waals surface area contributed by atoms with E-state index in [9.17, 15) is 0 Å². The van der Waals surface area contributed by atoms with Crippen LogP contribution in [0.2, 0.25) is 0 Å². The zero-order valence-corrected chi connectivity index (χ0v) is 15.4. The Morgan fingerprint density at radius 2 is 1.20 bits per heavy atom. The minimum Gasteiger partial charge on any atom is -0.334 e. The average molecular weight is 304 g/mol. The largest absolute Gasteiger partial charge is 0.334 e. The molecule has 0 saturated carbocycles. The Hall–Kier alpha value is 0.350. The number of hydrogen-bond donors (Lipinski definition) is 0. The van der Waals surface area contributed by atoms with Gasteiger partial charge in [-0.25, -0.2) is 0 Å². The van der Waals surface area contributed by atoms with Gasteiger partial charge in [-0.2, -0.15) is 0 Å². The Balaban J connectivity index is 4.80. The van der Waals surface area contributed by atoms with E-state index in [1.54, 1.807) is 0 Å². The highest BCUT2D eigenvalue weighted by atomic mass is 31.2. The minimum absolute atomic E-state index is 0.0823. The van der Waals surface area contributed by atoms with Crippen LogP contribution in [0.5, 0.6) is 0 Å². The van der Waals surface area contributed by atoms with Crippen molar-refractivity contribution in [2.45, 2.75) is 98.0 Å². The van der Waals surface area contributed by atoms with Gasteiger partial charge in [0.2, 0.25) is 0 Å². The fourth-order valence-electron chi connectivity index (χ4n) is 2.55. The van der Waals surface area contributed by atoms with E-state index in [2.05, 4.69) is 34.6 Å². The van der Waals surface area contributed by atoms with Crippen molar-refractivity contribution in [1.82, 2.24) is 0 Å². The van der Waals surface area contributed by atoms with Gasteiger partial charge in [-0.1, -0.05) is 66.2 Å². The van der Waals surface area contributed by atoms with Crippen molar-refractivity contribution in [2.75, 3.05) is 12.8 Å². The Morgan fingerprint density at radius 1 is 0.750 bits per heavy atom. The summed E-state index contributed by atoms with van der Waals surface area (Å²) in [5.74, 6) is 0. The first-order chi connectivity index (χ1) is 9.67. The topological polar surface area (TPSA) is 18.5 Å². The van der Waals surface area contributed by atoms with Gasteiger partial charge >= 0.3 is 0 Å². The maximum atomic E-state index is 6.58. The van der Waals surface area contributed by atoms with Crippen molar-refractivity contribution < 1.29 is 9.05 Å². The van der Waals surface area contributed by atoms with Gasteiger partial charge in [-0.15, -0.1) is 0 Å². The van der Waals surface area contributed by atoms with Crippen LogP contribution in [-0.2, 0) is 9.05 Å². The summed E-state index contributed by atoms with van der Waals surface area (Å²) in [4.78, 5) is 0. The third-order valence-corrected chi connectivity index (χ3v) is 5.44. The van der Waals surface area contributed by atoms with Crippen molar-refractivity contribution in [1.29, 1.82) is 0 Å². The number of hydrogen-bond acceptors (Lipinski definition) is 2. The highest BCUT2D eigenvalue weighted by Gasteiger charge is 2.32. The van der Waals surface area contributed by atoms with Crippen LogP contribution >= 0.6 is 8.38 Å². The third kappa shape index (κ3) is 8.60. The predicted octanol–water partition coefficient (Wildman–Crippen LogP) is 6.68. The lowest BCUT2D eigenvalue weighted by Crippen LogP contribution is -2.31. The van der Waals surface area contributed by atoms with Crippen LogP contribution in [0.15, 0.2) is 0 Å². The van der Waals surface area contributed by atoms with E-state index in [0.29, 0.717) is 0 Å². The summed E-state index contributed by atoms with van der Waals surface area (Å²) in [5, 5.41) is 0. The van der Waals surface area contributed by atoms with Gasteiger partial charge in [-0.3, -0.25) is 0 Å². The van der Waals surface area contributed by atoms with E-state index < -0.39 is 8.38 Å². The maximum absolute atomic E-state index is 6.58. The molecule has 3 heteroatoms. The van der Waals surface area contributed by atoms with Crippen LogP contribution in [0.25, 0.3) is 0 Å². The number of rotatable bonds is 14. The first-order valence-electron chi connectivity index (χ1n) is 8.77. The van der Waals surface area contributed by atoms with Crippen molar-refractivity contribution in [3.63, 3.8) is 0 Å². The van der Waals surface area contributed by atoms with Crippen LogP contribution in [0, 0.1) is 0 Å². The summed E-state index contributed by atoms with van der Waals surface area (Å²) in [7, 11) is -0.696. The monoisotopic (exact) mass is 304 g/mol. The molecule has 0 radical (unpaired) electrons. The average Bonchev–Trinajstić information content (AvgIpc) is 2.48. The summed E-state index contributed by atoms with van der Waals surface area (Å²) in [6.07, 6.45) is 12.2. The molecule has 0 heterocycles. The molecule has 0 aliphatic rings. The van der Waals surface area contributed by atoms with Crippen molar-refractivity contribution in [3.05, 3.63) is 0 Å². The summed E-state index contributed by atoms with van der Waals surface area (Å²) < 4.78 is 12.4. The molecule has 0 saturated heterocycles. The molecule has 20 heavy (non-hydrogen) atoms. The smallest absolute Gasteiger partial charge is 0.170 e. The van der Waals surface area contributed by atoms with Crippen LogP contribution in [-0.4, -0.2) is 18.4 Å². The van der Waals surface area contributed by atoms with Crippen LogP contribution < -0.4 is 0 Å². The lowest BCUT2D eigenvalue weighted by molar-refractivity contribution is 0.0316. The second-order valence-electron chi connectivity index (χ2n) is 5.65. The lowest BCUT2D eigenvalue weighted by atomic mass is 9.86. The van der Waals surface area contributed by atoms with Crippen LogP contribution in [0.4, 0.5) is 0 Å². The zero-order valence-electron chi connectivity index (χ0n) is 14.5. The third-order valence-electron chi connectivity index (χ3n) is 3.78. The van der Waals surface area contributed by atoms with Crippen molar-refractivity contribution in [2.24, 2.45) is 0 Å². The fourth-order valence-corrected chi connectivity index (χ4v) is 3.91. The Kier molecular flexibility index (Phi) is 13.3. The summed E-state index contributed by atoms with van der Waals surface area (Å²) >= 11 is 0. The molecule has 2 nitrogen and oxygen atoms in total. The van der Waals surface area contributed by atoms with Crippen LogP contribution in [0.1, 0.15) is 92.4 Å². The van der Waals surface area contributed by atoms with Crippen molar-refractivity contribution in [3.8, 4) is 0 Å². The van der Waals surface area contributed by atoms with E-state index >= 15 is 0 Å². The molecular weight excluding hydrogens is 267 g/mol.